The number of thioether (sulfide) groups is 1. The maximum absolute atomic E-state index is 12.5. The number of alkyl halides is 3. The van der Waals surface area contributed by atoms with E-state index in [0.717, 1.165) is 41.3 Å². The molecule has 0 spiro atoms. The van der Waals surface area contributed by atoms with Crippen LogP contribution in [0.2, 0.25) is 0 Å². The quantitative estimate of drug-likeness (QED) is 0.417. The molecule has 1 heterocycles. The molecular weight excluding hydrogens is 381 g/mol. The predicted molar refractivity (Wildman–Crippen MR) is 78.5 cm³/mol. The molecule has 0 radical (unpaired) electrons. The zero-order chi connectivity index (χ0) is 17.3. The lowest BCUT2D eigenvalue weighted by atomic mass is 10.3. The van der Waals surface area contributed by atoms with E-state index >= 15 is 0 Å². The standard InChI is InChI=1S/C12H8F5NO2S3/c13-10(14)2-1-5-21-11-18-8-6-7(3-4-9(8)22-11)23(19,20)12(15,16)17/h2-4,6H,1,5H2. The largest absolute Gasteiger partial charge is 0.501 e. The molecule has 0 N–H and O–H groups in total. The van der Waals surface area contributed by atoms with E-state index in [-0.39, 0.29) is 11.9 Å². The summed E-state index contributed by atoms with van der Waals surface area (Å²) in [4.78, 5) is 3.15. The fourth-order valence-corrected chi connectivity index (χ4v) is 4.35. The van der Waals surface area contributed by atoms with Crippen molar-refractivity contribution in [3.8, 4) is 0 Å². The molecule has 1 aromatic carbocycles. The summed E-state index contributed by atoms with van der Waals surface area (Å²) in [5, 5.41) is 0. The summed E-state index contributed by atoms with van der Waals surface area (Å²) in [6.45, 7) is 0. The number of halogens is 5. The Balaban J connectivity index is 2.23. The van der Waals surface area contributed by atoms with Crippen molar-refractivity contribution in [2.75, 3.05) is 5.75 Å². The Morgan fingerprint density at radius 2 is 2.00 bits per heavy atom. The number of aromatic nitrogens is 1. The highest BCUT2D eigenvalue weighted by molar-refractivity contribution is 8.01. The number of rotatable bonds is 5. The van der Waals surface area contributed by atoms with Crippen LogP contribution in [-0.4, -0.2) is 24.7 Å². The molecular formula is C12H8F5NO2S3. The summed E-state index contributed by atoms with van der Waals surface area (Å²) in [5.41, 5.74) is -5.26. The Morgan fingerprint density at radius 1 is 1.30 bits per heavy atom. The molecule has 0 unspecified atom stereocenters. The van der Waals surface area contributed by atoms with Crippen LogP contribution >= 0.6 is 23.1 Å². The molecule has 0 amide bonds. The molecule has 0 aliphatic carbocycles. The molecule has 0 fully saturated rings. The molecule has 0 atom stereocenters. The maximum Gasteiger partial charge on any atom is 0.501 e. The van der Waals surface area contributed by atoms with Gasteiger partial charge in [-0.15, -0.1) is 11.3 Å². The van der Waals surface area contributed by atoms with Crippen LogP contribution < -0.4 is 0 Å². The molecule has 2 aromatic rings. The third-order valence-electron chi connectivity index (χ3n) is 2.60. The Bertz CT molecular complexity index is 838. The zero-order valence-corrected chi connectivity index (χ0v) is 13.6. The minimum atomic E-state index is -5.42. The van der Waals surface area contributed by atoms with E-state index in [1.54, 1.807) is 0 Å². The third kappa shape index (κ3) is 4.21. The molecule has 2 rings (SSSR count). The Kier molecular flexibility index (Phi) is 5.31. The molecule has 126 valence electrons. The van der Waals surface area contributed by atoms with Gasteiger partial charge in [0.15, 0.2) is 4.34 Å². The fraction of sp³-hybridized carbons (Fsp3) is 0.250. The molecule has 0 aliphatic heterocycles. The first kappa shape index (κ1) is 18.1. The van der Waals surface area contributed by atoms with Crippen molar-refractivity contribution in [3.05, 3.63) is 30.4 Å². The average molecular weight is 389 g/mol. The number of hydrogen-bond donors (Lipinski definition) is 0. The summed E-state index contributed by atoms with van der Waals surface area (Å²) in [7, 11) is -5.42. The van der Waals surface area contributed by atoms with Crippen LogP contribution in [0.5, 0.6) is 0 Å². The van der Waals surface area contributed by atoms with Crippen LogP contribution in [0.4, 0.5) is 22.0 Å². The highest BCUT2D eigenvalue weighted by Crippen LogP contribution is 2.35. The first-order chi connectivity index (χ1) is 10.6. The van der Waals surface area contributed by atoms with Crippen molar-refractivity contribution in [1.29, 1.82) is 0 Å². The van der Waals surface area contributed by atoms with Crippen molar-refractivity contribution in [1.82, 2.24) is 4.98 Å². The van der Waals surface area contributed by atoms with Gasteiger partial charge in [0, 0.05) is 5.75 Å². The van der Waals surface area contributed by atoms with E-state index in [1.807, 2.05) is 0 Å². The number of nitrogens with zero attached hydrogens (tertiary/aromatic N) is 1. The van der Waals surface area contributed by atoms with E-state index in [9.17, 15) is 30.4 Å². The fourth-order valence-electron chi connectivity index (χ4n) is 1.56. The van der Waals surface area contributed by atoms with Crippen LogP contribution in [0, 0.1) is 0 Å². The van der Waals surface area contributed by atoms with Gasteiger partial charge in [-0.2, -0.15) is 22.0 Å². The molecule has 0 aliphatic rings. The zero-order valence-electron chi connectivity index (χ0n) is 11.1. The van der Waals surface area contributed by atoms with Gasteiger partial charge in [0.05, 0.1) is 15.1 Å². The second-order valence-corrected chi connectivity index (χ2v) is 8.50. The van der Waals surface area contributed by atoms with Crippen molar-refractivity contribution in [2.45, 2.75) is 21.2 Å². The lowest BCUT2D eigenvalue weighted by Crippen LogP contribution is -2.23. The normalized spacial score (nSPS) is 12.6. The average Bonchev–Trinajstić information content (AvgIpc) is 2.83. The van der Waals surface area contributed by atoms with Crippen LogP contribution in [0.25, 0.3) is 10.2 Å². The van der Waals surface area contributed by atoms with Gasteiger partial charge in [-0.3, -0.25) is 0 Å². The van der Waals surface area contributed by atoms with Crippen LogP contribution in [0.1, 0.15) is 6.42 Å². The molecule has 0 bridgehead atoms. The lowest BCUT2D eigenvalue weighted by molar-refractivity contribution is -0.0435. The van der Waals surface area contributed by atoms with E-state index in [1.165, 1.54) is 6.07 Å². The van der Waals surface area contributed by atoms with Gasteiger partial charge in [0.2, 0.25) is 0 Å². The van der Waals surface area contributed by atoms with Gasteiger partial charge in [-0.25, -0.2) is 13.4 Å². The number of sulfone groups is 1. The highest BCUT2D eigenvalue weighted by atomic mass is 32.2. The van der Waals surface area contributed by atoms with Gasteiger partial charge in [-0.05, 0) is 30.7 Å². The molecule has 11 heteroatoms. The summed E-state index contributed by atoms with van der Waals surface area (Å²) in [6.07, 6.45) is -0.901. The highest BCUT2D eigenvalue weighted by Gasteiger charge is 2.46. The first-order valence-electron chi connectivity index (χ1n) is 5.97. The predicted octanol–water partition coefficient (Wildman–Crippen LogP) is 4.85. The van der Waals surface area contributed by atoms with Gasteiger partial charge in [0.25, 0.3) is 15.9 Å². The van der Waals surface area contributed by atoms with Gasteiger partial charge >= 0.3 is 5.51 Å². The smallest absolute Gasteiger partial charge is 0.230 e. The summed E-state index contributed by atoms with van der Waals surface area (Å²) in [6, 6.07) is 2.98. The number of hydrogen-bond acceptors (Lipinski definition) is 5. The second-order valence-electron chi connectivity index (χ2n) is 4.19. The van der Waals surface area contributed by atoms with Crippen molar-refractivity contribution < 1.29 is 30.4 Å². The number of thiazole rings is 1. The molecule has 0 saturated carbocycles. The van der Waals surface area contributed by atoms with Gasteiger partial charge in [-0.1, -0.05) is 11.8 Å². The third-order valence-corrected chi connectivity index (χ3v) is 6.29. The molecule has 23 heavy (non-hydrogen) atoms. The van der Waals surface area contributed by atoms with E-state index < -0.39 is 26.3 Å². The monoisotopic (exact) mass is 389 g/mol. The summed E-state index contributed by atoms with van der Waals surface area (Å²) < 4.78 is 85.0. The number of allylic oxidation sites excluding steroid dienone is 1. The van der Waals surface area contributed by atoms with E-state index in [0.29, 0.717) is 14.8 Å². The lowest BCUT2D eigenvalue weighted by Gasteiger charge is -2.07. The van der Waals surface area contributed by atoms with Crippen molar-refractivity contribution in [2.24, 2.45) is 0 Å². The van der Waals surface area contributed by atoms with E-state index in [2.05, 4.69) is 4.98 Å². The van der Waals surface area contributed by atoms with Gasteiger partial charge < -0.3 is 0 Å². The van der Waals surface area contributed by atoms with Crippen molar-refractivity contribution in [3.63, 3.8) is 0 Å². The first-order valence-corrected chi connectivity index (χ1v) is 9.25. The maximum atomic E-state index is 12.5. The summed E-state index contributed by atoms with van der Waals surface area (Å²) in [5.74, 6) is 0.324. The molecule has 3 nitrogen and oxygen atoms in total. The Hall–Kier alpha value is -1.20. The van der Waals surface area contributed by atoms with Crippen LogP contribution in [0.3, 0.4) is 0 Å². The number of fused-ring (bicyclic) bond motifs is 1. The Labute approximate surface area is 136 Å². The van der Waals surface area contributed by atoms with E-state index in [4.69, 9.17) is 0 Å². The molecule has 1 aromatic heterocycles. The summed E-state index contributed by atoms with van der Waals surface area (Å²) >= 11 is 2.32. The second kappa shape index (κ2) is 6.73. The minimum Gasteiger partial charge on any atom is -0.230 e. The SMILES string of the molecule is O=S(=O)(c1ccc2sc(SCCC=C(F)F)nc2c1)C(F)(F)F. The van der Waals surface area contributed by atoms with Crippen molar-refractivity contribution >= 4 is 43.2 Å². The number of benzene rings is 1. The topological polar surface area (TPSA) is 47.0 Å². The Morgan fingerprint density at radius 3 is 2.61 bits per heavy atom. The van der Waals surface area contributed by atoms with Crippen LogP contribution in [0.15, 0.2) is 39.6 Å². The van der Waals surface area contributed by atoms with Gasteiger partial charge in [0.1, 0.15) is 0 Å². The van der Waals surface area contributed by atoms with Crippen LogP contribution in [-0.2, 0) is 9.84 Å². The molecule has 0 saturated heterocycles. The minimum absolute atomic E-state index is 0.120.